The summed E-state index contributed by atoms with van der Waals surface area (Å²) >= 11 is 0. The molecule has 4 saturated carbocycles. The van der Waals surface area contributed by atoms with Crippen molar-refractivity contribution in [1.29, 1.82) is 0 Å². The number of amides is 3. The van der Waals surface area contributed by atoms with Crippen LogP contribution >= 0.6 is 0 Å². The first-order valence-corrected chi connectivity index (χ1v) is 11.6. The second-order valence-electron chi connectivity index (χ2n) is 10.1. The maximum absolute atomic E-state index is 14.4. The number of rotatable bonds is 6. The smallest absolute Gasteiger partial charge is 0.227 e. The topological polar surface area (TPSA) is 78.5 Å². The summed E-state index contributed by atoms with van der Waals surface area (Å²) in [7, 11) is 0. The van der Waals surface area contributed by atoms with E-state index in [1.165, 1.54) is 36.3 Å². The van der Waals surface area contributed by atoms with E-state index in [1.54, 1.807) is 6.07 Å². The number of nitrogens with one attached hydrogen (secondary N) is 2. The number of hydrogen-bond acceptors (Lipinski definition) is 3. The fraction of sp³-hybridized carbons (Fsp3) is 0.625. The van der Waals surface area contributed by atoms with Crippen molar-refractivity contribution in [2.45, 2.75) is 57.8 Å². The SMILES string of the molecule is O=C(CCNC(=O)C12CC3CC(CC(C3)C1)C2)Nc1ccc(N2CCCC2=O)c(F)c1. The Kier molecular flexibility index (Phi) is 5.22. The van der Waals surface area contributed by atoms with Crippen LogP contribution in [0.3, 0.4) is 0 Å². The molecule has 5 fully saturated rings. The van der Waals surface area contributed by atoms with Gasteiger partial charge >= 0.3 is 0 Å². The molecule has 0 aromatic heterocycles. The average Bonchev–Trinajstić information content (AvgIpc) is 3.12. The number of carbonyl (C=O) groups excluding carboxylic acids is 3. The van der Waals surface area contributed by atoms with E-state index < -0.39 is 5.82 Å². The van der Waals surface area contributed by atoms with Gasteiger partial charge in [-0.25, -0.2) is 4.39 Å². The summed E-state index contributed by atoms with van der Waals surface area (Å²) in [5, 5.41) is 5.69. The molecule has 4 bridgehead atoms. The van der Waals surface area contributed by atoms with Gasteiger partial charge in [-0.1, -0.05) is 0 Å². The van der Waals surface area contributed by atoms with Crippen LogP contribution < -0.4 is 15.5 Å². The second kappa shape index (κ2) is 7.92. The molecule has 1 aliphatic heterocycles. The summed E-state index contributed by atoms with van der Waals surface area (Å²) in [6.45, 7) is 0.806. The van der Waals surface area contributed by atoms with Crippen molar-refractivity contribution in [3.05, 3.63) is 24.0 Å². The summed E-state index contributed by atoms with van der Waals surface area (Å²) < 4.78 is 14.4. The molecule has 6 nitrogen and oxygen atoms in total. The molecule has 2 N–H and O–H groups in total. The lowest BCUT2D eigenvalue weighted by atomic mass is 9.49. The average molecular weight is 428 g/mol. The minimum atomic E-state index is -0.525. The summed E-state index contributed by atoms with van der Waals surface area (Å²) in [6.07, 6.45) is 8.18. The minimum absolute atomic E-state index is 0.0783. The fourth-order valence-corrected chi connectivity index (χ4v) is 6.80. The van der Waals surface area contributed by atoms with E-state index in [-0.39, 0.29) is 41.8 Å². The van der Waals surface area contributed by atoms with E-state index in [4.69, 9.17) is 0 Å². The highest BCUT2D eigenvalue weighted by Crippen LogP contribution is 2.60. The van der Waals surface area contributed by atoms with E-state index in [9.17, 15) is 18.8 Å². The van der Waals surface area contributed by atoms with Crippen LogP contribution in [0.1, 0.15) is 57.8 Å². The number of hydrogen-bond donors (Lipinski definition) is 2. The lowest BCUT2D eigenvalue weighted by Crippen LogP contribution is -2.53. The largest absolute Gasteiger partial charge is 0.355 e. The predicted octanol–water partition coefficient (Wildman–Crippen LogP) is 3.61. The Morgan fingerprint density at radius 3 is 2.35 bits per heavy atom. The zero-order valence-electron chi connectivity index (χ0n) is 17.8. The van der Waals surface area contributed by atoms with Gasteiger partial charge in [0.15, 0.2) is 0 Å². The molecule has 4 aliphatic carbocycles. The van der Waals surface area contributed by atoms with Crippen molar-refractivity contribution in [3.63, 3.8) is 0 Å². The standard InChI is InChI=1S/C24H30FN3O3/c25-19-11-18(3-4-20(19)28-7-1-2-22(28)30)27-21(29)5-6-26-23(31)24-12-15-8-16(13-24)10-17(9-15)14-24/h3-4,11,15-17H,1-2,5-10,12-14H2,(H,26,31)(H,27,29). The molecular weight excluding hydrogens is 397 g/mol. The van der Waals surface area contributed by atoms with Crippen LogP contribution in [0.4, 0.5) is 15.8 Å². The monoisotopic (exact) mass is 427 g/mol. The van der Waals surface area contributed by atoms with Gasteiger partial charge in [0, 0.05) is 37.0 Å². The molecule has 1 saturated heterocycles. The van der Waals surface area contributed by atoms with E-state index in [2.05, 4.69) is 10.6 Å². The highest BCUT2D eigenvalue weighted by atomic mass is 19.1. The maximum Gasteiger partial charge on any atom is 0.227 e. The Balaban J connectivity index is 1.12. The molecule has 5 aliphatic rings. The Morgan fingerprint density at radius 1 is 1.10 bits per heavy atom. The van der Waals surface area contributed by atoms with Gasteiger partial charge in [-0.05, 0) is 80.9 Å². The van der Waals surface area contributed by atoms with Gasteiger partial charge < -0.3 is 15.5 Å². The van der Waals surface area contributed by atoms with Crippen molar-refractivity contribution < 1.29 is 18.8 Å². The Labute approximate surface area is 181 Å². The van der Waals surface area contributed by atoms with Crippen LogP contribution in [0.25, 0.3) is 0 Å². The normalized spacial score (nSPS) is 31.2. The predicted molar refractivity (Wildman–Crippen MR) is 115 cm³/mol. The molecule has 31 heavy (non-hydrogen) atoms. The quantitative estimate of drug-likeness (QED) is 0.728. The van der Waals surface area contributed by atoms with Crippen LogP contribution in [0.5, 0.6) is 0 Å². The van der Waals surface area contributed by atoms with Crippen LogP contribution in [-0.4, -0.2) is 30.8 Å². The first kappa shape index (κ1) is 20.5. The second-order valence-corrected chi connectivity index (χ2v) is 10.1. The van der Waals surface area contributed by atoms with Crippen LogP contribution in [0.15, 0.2) is 18.2 Å². The fourth-order valence-electron chi connectivity index (χ4n) is 6.80. The molecular formula is C24H30FN3O3. The molecule has 1 aromatic rings. The maximum atomic E-state index is 14.4. The molecule has 0 atom stereocenters. The molecule has 0 unspecified atom stereocenters. The van der Waals surface area contributed by atoms with E-state index in [0.29, 0.717) is 36.4 Å². The summed E-state index contributed by atoms with van der Waals surface area (Å²) in [5.41, 5.74) is 0.394. The van der Waals surface area contributed by atoms with E-state index in [0.717, 1.165) is 25.7 Å². The summed E-state index contributed by atoms with van der Waals surface area (Å²) in [6, 6.07) is 4.38. The third-order valence-electron chi connectivity index (χ3n) is 7.75. The highest BCUT2D eigenvalue weighted by Gasteiger charge is 2.54. The third-order valence-corrected chi connectivity index (χ3v) is 7.75. The Morgan fingerprint density at radius 2 is 1.77 bits per heavy atom. The highest BCUT2D eigenvalue weighted by molar-refractivity contribution is 5.96. The number of anilines is 2. The third kappa shape index (κ3) is 3.94. The number of carbonyl (C=O) groups is 3. The lowest BCUT2D eigenvalue weighted by molar-refractivity contribution is -0.146. The minimum Gasteiger partial charge on any atom is -0.355 e. The first-order valence-electron chi connectivity index (χ1n) is 11.6. The van der Waals surface area contributed by atoms with Crippen LogP contribution in [-0.2, 0) is 14.4 Å². The molecule has 0 radical (unpaired) electrons. The van der Waals surface area contributed by atoms with Crippen LogP contribution in [0.2, 0.25) is 0 Å². The van der Waals surface area contributed by atoms with Crippen molar-refractivity contribution in [2.24, 2.45) is 23.2 Å². The molecule has 7 heteroatoms. The van der Waals surface area contributed by atoms with Gasteiger partial charge in [0.2, 0.25) is 17.7 Å². The number of halogens is 1. The lowest BCUT2D eigenvalue weighted by Gasteiger charge is -2.55. The van der Waals surface area contributed by atoms with Gasteiger partial charge in [0.05, 0.1) is 5.69 Å². The van der Waals surface area contributed by atoms with E-state index in [1.807, 2.05) is 0 Å². The van der Waals surface area contributed by atoms with Gasteiger partial charge in [-0.15, -0.1) is 0 Å². The first-order chi connectivity index (χ1) is 14.9. The Bertz CT molecular complexity index is 880. The summed E-state index contributed by atoms with van der Waals surface area (Å²) in [5.74, 6) is 1.35. The molecule has 0 spiro atoms. The molecule has 166 valence electrons. The zero-order chi connectivity index (χ0) is 21.6. The zero-order valence-corrected chi connectivity index (χ0v) is 17.8. The molecule has 3 amide bonds. The van der Waals surface area contributed by atoms with Gasteiger partial charge in [-0.2, -0.15) is 0 Å². The van der Waals surface area contributed by atoms with Gasteiger partial charge in [0.25, 0.3) is 0 Å². The van der Waals surface area contributed by atoms with Crippen molar-refractivity contribution in [3.8, 4) is 0 Å². The van der Waals surface area contributed by atoms with Gasteiger partial charge in [0.1, 0.15) is 5.82 Å². The van der Waals surface area contributed by atoms with Crippen molar-refractivity contribution >= 4 is 29.1 Å². The molecule has 1 heterocycles. The molecule has 1 aromatic carbocycles. The van der Waals surface area contributed by atoms with E-state index >= 15 is 0 Å². The number of nitrogens with zero attached hydrogens (tertiary/aromatic N) is 1. The summed E-state index contributed by atoms with van der Waals surface area (Å²) in [4.78, 5) is 38.5. The van der Waals surface area contributed by atoms with Crippen molar-refractivity contribution in [2.75, 3.05) is 23.3 Å². The number of benzene rings is 1. The molecule has 6 rings (SSSR count). The Hall–Kier alpha value is -2.44. The van der Waals surface area contributed by atoms with Crippen LogP contribution in [0, 0.1) is 29.0 Å². The van der Waals surface area contributed by atoms with Gasteiger partial charge in [-0.3, -0.25) is 14.4 Å². The van der Waals surface area contributed by atoms with Crippen molar-refractivity contribution in [1.82, 2.24) is 5.32 Å².